The van der Waals surface area contributed by atoms with Crippen molar-refractivity contribution in [2.24, 2.45) is 0 Å². The van der Waals surface area contributed by atoms with E-state index in [4.69, 9.17) is 0 Å². The summed E-state index contributed by atoms with van der Waals surface area (Å²) in [5, 5.41) is 17.0. The van der Waals surface area contributed by atoms with E-state index >= 15 is 0 Å². The molecule has 1 heterocycles. The first-order chi connectivity index (χ1) is 13.5. The maximum atomic E-state index is 12.9. The van der Waals surface area contributed by atoms with Gasteiger partial charge in [0.25, 0.3) is 5.69 Å². The van der Waals surface area contributed by atoms with Crippen molar-refractivity contribution in [2.45, 2.75) is 19.4 Å². The van der Waals surface area contributed by atoms with Gasteiger partial charge in [0.1, 0.15) is 18.1 Å². The number of anilines is 2. The number of rotatable bonds is 7. The van der Waals surface area contributed by atoms with Crippen molar-refractivity contribution < 1.29 is 9.72 Å². The van der Waals surface area contributed by atoms with Crippen molar-refractivity contribution in [3.05, 3.63) is 94.2 Å². The first-order valence-corrected chi connectivity index (χ1v) is 8.80. The summed E-state index contributed by atoms with van der Waals surface area (Å²) in [6, 6.07) is 19.8. The molecule has 142 valence electrons. The molecule has 2 aromatic carbocycles. The molecule has 0 saturated heterocycles. The van der Waals surface area contributed by atoms with Gasteiger partial charge in [0.2, 0.25) is 5.91 Å². The largest absolute Gasteiger partial charge is 0.358 e. The van der Waals surface area contributed by atoms with Gasteiger partial charge >= 0.3 is 0 Å². The van der Waals surface area contributed by atoms with Crippen molar-refractivity contribution in [1.29, 1.82) is 0 Å². The molecule has 0 aliphatic carbocycles. The third-order valence-electron chi connectivity index (χ3n) is 4.24. The molecule has 1 aromatic heterocycles. The van der Waals surface area contributed by atoms with Gasteiger partial charge in [0.05, 0.1) is 4.92 Å². The van der Waals surface area contributed by atoms with Gasteiger partial charge in [-0.2, -0.15) is 0 Å². The smallest absolute Gasteiger partial charge is 0.290 e. The number of benzene rings is 2. The number of pyridine rings is 1. The Morgan fingerprint density at radius 3 is 2.36 bits per heavy atom. The normalized spacial score (nSPS) is 11.5. The number of amides is 1. The standard InChI is InChI=1S/C21H20N4O3/c1-15-12-20(22-14-19(15)25(27)28)24-18(13-16-8-4-2-5-9-16)21(26)23-17-10-6-3-7-11-17/h2-12,14,18H,13H2,1H3,(H,22,24)(H,23,26)/t18-/m1/s1. The molecule has 0 radical (unpaired) electrons. The lowest BCUT2D eigenvalue weighted by Gasteiger charge is -2.19. The van der Waals surface area contributed by atoms with E-state index in [1.54, 1.807) is 13.0 Å². The quantitative estimate of drug-likeness (QED) is 0.480. The van der Waals surface area contributed by atoms with Crippen molar-refractivity contribution >= 4 is 23.1 Å². The highest BCUT2D eigenvalue weighted by Crippen LogP contribution is 2.20. The second-order valence-corrected chi connectivity index (χ2v) is 6.36. The van der Waals surface area contributed by atoms with Crippen LogP contribution in [0.1, 0.15) is 11.1 Å². The van der Waals surface area contributed by atoms with Crippen LogP contribution in [-0.4, -0.2) is 21.9 Å². The van der Waals surface area contributed by atoms with Crippen LogP contribution in [-0.2, 0) is 11.2 Å². The molecule has 0 aliphatic heterocycles. The van der Waals surface area contributed by atoms with Crippen molar-refractivity contribution in [3.63, 3.8) is 0 Å². The van der Waals surface area contributed by atoms with Gasteiger partial charge in [0, 0.05) is 17.7 Å². The van der Waals surface area contributed by atoms with E-state index in [2.05, 4.69) is 15.6 Å². The molecular weight excluding hydrogens is 356 g/mol. The van der Waals surface area contributed by atoms with Gasteiger partial charge in [-0.05, 0) is 30.7 Å². The van der Waals surface area contributed by atoms with Crippen LogP contribution in [0.15, 0.2) is 72.9 Å². The van der Waals surface area contributed by atoms with Crippen LogP contribution in [0.3, 0.4) is 0 Å². The van der Waals surface area contributed by atoms with Gasteiger partial charge in [-0.1, -0.05) is 48.5 Å². The summed E-state index contributed by atoms with van der Waals surface area (Å²) < 4.78 is 0. The molecule has 2 N–H and O–H groups in total. The summed E-state index contributed by atoms with van der Waals surface area (Å²) in [5.41, 5.74) is 2.10. The molecule has 28 heavy (non-hydrogen) atoms. The molecule has 0 unspecified atom stereocenters. The van der Waals surface area contributed by atoms with Crippen LogP contribution >= 0.6 is 0 Å². The lowest BCUT2D eigenvalue weighted by molar-refractivity contribution is -0.385. The minimum absolute atomic E-state index is 0.0566. The molecule has 0 bridgehead atoms. The Bertz CT molecular complexity index is 962. The Labute approximate surface area is 162 Å². The van der Waals surface area contributed by atoms with Gasteiger partial charge in [0.15, 0.2) is 0 Å². The predicted molar refractivity (Wildman–Crippen MR) is 108 cm³/mol. The minimum atomic E-state index is -0.601. The third-order valence-corrected chi connectivity index (χ3v) is 4.24. The Balaban J connectivity index is 1.82. The van der Waals surface area contributed by atoms with Gasteiger partial charge < -0.3 is 10.6 Å². The summed E-state index contributed by atoms with van der Waals surface area (Å²) in [6.45, 7) is 1.64. The van der Waals surface area contributed by atoms with Crippen LogP contribution < -0.4 is 10.6 Å². The molecule has 3 aromatic rings. The number of aromatic nitrogens is 1. The number of aryl methyl sites for hydroxylation is 1. The molecule has 0 aliphatic rings. The van der Waals surface area contributed by atoms with Crippen molar-refractivity contribution in [2.75, 3.05) is 10.6 Å². The fourth-order valence-corrected chi connectivity index (χ4v) is 2.81. The Hall–Kier alpha value is -3.74. The number of carbonyl (C=O) groups is 1. The average Bonchev–Trinajstić information content (AvgIpc) is 2.69. The predicted octanol–water partition coefficient (Wildman–Crippen LogP) is 3.96. The zero-order chi connectivity index (χ0) is 19.9. The monoisotopic (exact) mass is 376 g/mol. The average molecular weight is 376 g/mol. The molecule has 0 fully saturated rings. The summed E-state index contributed by atoms with van der Waals surface area (Å²) in [7, 11) is 0. The van der Waals surface area contributed by atoms with Crippen LogP contribution in [0, 0.1) is 17.0 Å². The van der Waals surface area contributed by atoms with Crippen LogP contribution in [0.2, 0.25) is 0 Å². The molecule has 7 nitrogen and oxygen atoms in total. The molecule has 3 rings (SSSR count). The lowest BCUT2D eigenvalue weighted by Crippen LogP contribution is -2.36. The summed E-state index contributed by atoms with van der Waals surface area (Å²) in [6.07, 6.45) is 1.64. The first-order valence-electron chi connectivity index (χ1n) is 8.80. The number of carbonyl (C=O) groups excluding carboxylic acids is 1. The first kappa shape index (κ1) is 19.0. The molecular formula is C21H20N4O3. The van der Waals surface area contributed by atoms with E-state index < -0.39 is 11.0 Å². The topological polar surface area (TPSA) is 97.2 Å². The summed E-state index contributed by atoms with van der Waals surface area (Å²) >= 11 is 0. The maximum Gasteiger partial charge on any atom is 0.290 e. The van der Waals surface area contributed by atoms with Gasteiger partial charge in [-0.25, -0.2) is 4.98 Å². The molecule has 7 heteroatoms. The Kier molecular flexibility index (Phi) is 5.96. The summed E-state index contributed by atoms with van der Waals surface area (Å²) in [5.74, 6) is 0.195. The highest BCUT2D eigenvalue weighted by molar-refractivity contribution is 5.96. The van der Waals surface area contributed by atoms with Crippen LogP contribution in [0.25, 0.3) is 0 Å². The number of hydrogen-bond donors (Lipinski definition) is 2. The Morgan fingerprint density at radius 1 is 1.11 bits per heavy atom. The second kappa shape index (κ2) is 8.77. The number of para-hydroxylation sites is 1. The molecule has 1 atom stereocenters. The highest BCUT2D eigenvalue weighted by atomic mass is 16.6. The van der Waals surface area contributed by atoms with E-state index in [1.807, 2.05) is 60.7 Å². The van der Waals surface area contributed by atoms with E-state index in [0.717, 1.165) is 5.56 Å². The number of nitro groups is 1. The number of nitrogens with zero attached hydrogens (tertiary/aromatic N) is 2. The van der Waals surface area contributed by atoms with Crippen LogP contribution in [0.5, 0.6) is 0 Å². The molecule has 1 amide bonds. The maximum absolute atomic E-state index is 12.9. The summed E-state index contributed by atoms with van der Waals surface area (Å²) in [4.78, 5) is 27.5. The van der Waals surface area contributed by atoms with Crippen LogP contribution in [0.4, 0.5) is 17.2 Å². The highest BCUT2D eigenvalue weighted by Gasteiger charge is 2.21. The molecule has 0 spiro atoms. The zero-order valence-corrected chi connectivity index (χ0v) is 15.3. The van der Waals surface area contributed by atoms with E-state index in [0.29, 0.717) is 23.5 Å². The van der Waals surface area contributed by atoms with Crippen molar-refractivity contribution in [3.8, 4) is 0 Å². The van der Waals surface area contributed by atoms with Gasteiger partial charge in [-0.15, -0.1) is 0 Å². The Morgan fingerprint density at radius 2 is 1.75 bits per heavy atom. The fourth-order valence-electron chi connectivity index (χ4n) is 2.81. The van der Waals surface area contributed by atoms with E-state index in [1.165, 1.54) is 6.20 Å². The lowest BCUT2D eigenvalue weighted by atomic mass is 10.0. The third kappa shape index (κ3) is 4.91. The minimum Gasteiger partial charge on any atom is -0.358 e. The molecule has 0 saturated carbocycles. The zero-order valence-electron chi connectivity index (χ0n) is 15.3. The van der Waals surface area contributed by atoms with Crippen molar-refractivity contribution in [1.82, 2.24) is 4.98 Å². The fraction of sp³-hybridized carbons (Fsp3) is 0.143. The number of hydrogen-bond acceptors (Lipinski definition) is 5. The second-order valence-electron chi connectivity index (χ2n) is 6.36. The SMILES string of the molecule is Cc1cc(N[C@H](Cc2ccccc2)C(=O)Nc2ccccc2)ncc1[N+](=O)[O-]. The van der Waals surface area contributed by atoms with E-state index in [-0.39, 0.29) is 11.6 Å². The number of nitrogens with one attached hydrogen (secondary N) is 2. The van der Waals surface area contributed by atoms with E-state index in [9.17, 15) is 14.9 Å². The van der Waals surface area contributed by atoms with Gasteiger partial charge in [-0.3, -0.25) is 14.9 Å².